The predicted octanol–water partition coefficient (Wildman–Crippen LogP) is 4.08. The molecule has 0 aromatic rings. The largest absolute Gasteiger partial charge is 0.123 e. The summed E-state index contributed by atoms with van der Waals surface area (Å²) in [5.74, 6) is 2.63. The Morgan fingerprint density at radius 2 is 1.33 bits per heavy atom. The molecule has 1 atom stereocenters. The van der Waals surface area contributed by atoms with E-state index in [-0.39, 0.29) is 0 Å². The Balaban J connectivity index is 2.30. The number of alkyl halides is 1. The molecule has 0 saturated heterocycles. The van der Waals surface area contributed by atoms with Crippen LogP contribution in [0.2, 0.25) is 0 Å². The summed E-state index contributed by atoms with van der Waals surface area (Å²) in [5.41, 5.74) is 0. The van der Waals surface area contributed by atoms with E-state index in [1.165, 1.54) is 25.7 Å². The van der Waals surface area contributed by atoms with Crippen molar-refractivity contribution < 1.29 is 0 Å². The van der Waals surface area contributed by atoms with E-state index in [9.17, 15) is 0 Å². The van der Waals surface area contributed by atoms with Gasteiger partial charge in [-0.1, -0.05) is 13.8 Å². The molecular formula is C11H21Cl. The van der Waals surface area contributed by atoms with Gasteiger partial charge in [0.25, 0.3) is 0 Å². The Kier molecular flexibility index (Phi) is 3.89. The van der Waals surface area contributed by atoms with Crippen molar-refractivity contribution in [2.45, 2.75) is 51.8 Å². The fourth-order valence-corrected chi connectivity index (χ4v) is 2.52. The van der Waals surface area contributed by atoms with Crippen LogP contribution in [0.3, 0.4) is 0 Å². The van der Waals surface area contributed by atoms with Crippen molar-refractivity contribution in [1.82, 2.24) is 0 Å². The van der Waals surface area contributed by atoms with Crippen molar-refractivity contribution >= 4 is 11.6 Å². The van der Waals surface area contributed by atoms with E-state index in [4.69, 9.17) is 11.6 Å². The second kappa shape index (κ2) is 4.50. The molecule has 0 spiro atoms. The first-order valence-electron chi connectivity index (χ1n) is 5.25. The van der Waals surface area contributed by atoms with Gasteiger partial charge in [-0.2, -0.15) is 0 Å². The third kappa shape index (κ3) is 2.65. The molecule has 1 rings (SSSR count). The molecule has 0 amide bonds. The van der Waals surface area contributed by atoms with Gasteiger partial charge in [-0.25, -0.2) is 0 Å². The Morgan fingerprint density at radius 3 is 1.67 bits per heavy atom. The van der Waals surface area contributed by atoms with Gasteiger partial charge in [0, 0.05) is 5.38 Å². The lowest BCUT2D eigenvalue weighted by molar-refractivity contribution is 0.223. The Labute approximate surface area is 81.7 Å². The molecule has 1 aliphatic rings. The average Bonchev–Trinajstić information content (AvgIpc) is 2.04. The first kappa shape index (κ1) is 10.4. The molecule has 12 heavy (non-hydrogen) atoms. The minimum absolute atomic E-state index is 0.387. The smallest absolute Gasteiger partial charge is 0.0336 e. The quantitative estimate of drug-likeness (QED) is 0.573. The number of hydrogen-bond donors (Lipinski definition) is 0. The molecule has 0 aliphatic heterocycles. The standard InChI is InChI=1S/C11H21Cl/c1-8(2)10-4-6-11(7-5-10)9(3)12/h8-11H,4-7H2,1-3H3. The van der Waals surface area contributed by atoms with Gasteiger partial charge in [0.1, 0.15) is 0 Å². The molecule has 0 radical (unpaired) electrons. The Bertz CT molecular complexity index is 105. The highest BCUT2D eigenvalue weighted by molar-refractivity contribution is 6.20. The summed E-state index contributed by atoms with van der Waals surface area (Å²) in [6.45, 7) is 6.83. The van der Waals surface area contributed by atoms with Crippen molar-refractivity contribution in [3.63, 3.8) is 0 Å². The summed E-state index contributed by atoms with van der Waals surface area (Å²) in [5, 5.41) is 0.387. The predicted molar refractivity (Wildman–Crippen MR) is 55.6 cm³/mol. The van der Waals surface area contributed by atoms with Crippen LogP contribution in [-0.2, 0) is 0 Å². The van der Waals surface area contributed by atoms with Crippen molar-refractivity contribution in [2.24, 2.45) is 17.8 Å². The zero-order valence-corrected chi connectivity index (χ0v) is 9.27. The van der Waals surface area contributed by atoms with Crippen LogP contribution in [0.15, 0.2) is 0 Å². The molecule has 1 aliphatic carbocycles. The van der Waals surface area contributed by atoms with E-state index in [1.54, 1.807) is 0 Å². The van der Waals surface area contributed by atoms with Gasteiger partial charge in [0.15, 0.2) is 0 Å². The van der Waals surface area contributed by atoms with Gasteiger partial charge >= 0.3 is 0 Å². The van der Waals surface area contributed by atoms with Crippen LogP contribution in [0.4, 0.5) is 0 Å². The second-order valence-electron chi connectivity index (χ2n) is 4.60. The molecule has 1 saturated carbocycles. The van der Waals surface area contributed by atoms with Crippen LogP contribution >= 0.6 is 11.6 Å². The van der Waals surface area contributed by atoms with Gasteiger partial charge in [-0.15, -0.1) is 11.6 Å². The van der Waals surface area contributed by atoms with E-state index in [1.807, 2.05) is 0 Å². The lowest BCUT2D eigenvalue weighted by Gasteiger charge is -2.32. The topological polar surface area (TPSA) is 0 Å². The van der Waals surface area contributed by atoms with Crippen molar-refractivity contribution in [2.75, 3.05) is 0 Å². The van der Waals surface area contributed by atoms with Crippen LogP contribution < -0.4 is 0 Å². The van der Waals surface area contributed by atoms with Gasteiger partial charge in [-0.05, 0) is 50.4 Å². The van der Waals surface area contributed by atoms with Crippen LogP contribution in [0, 0.1) is 17.8 Å². The molecule has 1 unspecified atom stereocenters. The van der Waals surface area contributed by atoms with E-state index in [0.717, 1.165) is 17.8 Å². The first-order chi connectivity index (χ1) is 5.61. The minimum Gasteiger partial charge on any atom is -0.123 e. The van der Waals surface area contributed by atoms with E-state index in [2.05, 4.69) is 20.8 Å². The molecule has 1 heteroatoms. The number of rotatable bonds is 2. The monoisotopic (exact) mass is 188 g/mol. The number of halogens is 1. The van der Waals surface area contributed by atoms with E-state index < -0.39 is 0 Å². The molecule has 0 nitrogen and oxygen atoms in total. The summed E-state index contributed by atoms with van der Waals surface area (Å²) in [7, 11) is 0. The molecule has 1 fully saturated rings. The van der Waals surface area contributed by atoms with E-state index >= 15 is 0 Å². The second-order valence-corrected chi connectivity index (χ2v) is 5.28. The van der Waals surface area contributed by atoms with Crippen LogP contribution in [0.25, 0.3) is 0 Å². The van der Waals surface area contributed by atoms with E-state index in [0.29, 0.717) is 5.38 Å². The molecule has 0 aromatic carbocycles. The zero-order chi connectivity index (χ0) is 9.14. The van der Waals surface area contributed by atoms with Crippen molar-refractivity contribution in [3.05, 3.63) is 0 Å². The summed E-state index contributed by atoms with van der Waals surface area (Å²) in [6.07, 6.45) is 5.51. The Morgan fingerprint density at radius 1 is 0.917 bits per heavy atom. The molecule has 0 heterocycles. The fourth-order valence-electron chi connectivity index (χ4n) is 2.27. The molecule has 0 bridgehead atoms. The molecule has 0 N–H and O–H groups in total. The third-order valence-corrected chi connectivity index (χ3v) is 3.77. The molecular weight excluding hydrogens is 168 g/mol. The molecule has 72 valence electrons. The summed E-state index contributed by atoms with van der Waals surface area (Å²) in [6, 6.07) is 0. The summed E-state index contributed by atoms with van der Waals surface area (Å²) in [4.78, 5) is 0. The lowest BCUT2D eigenvalue weighted by atomic mass is 9.76. The molecule has 0 aromatic heterocycles. The van der Waals surface area contributed by atoms with Gasteiger partial charge < -0.3 is 0 Å². The SMILES string of the molecule is CC(C)C1CCC(C(C)Cl)CC1. The van der Waals surface area contributed by atoms with Crippen LogP contribution in [0.5, 0.6) is 0 Å². The maximum absolute atomic E-state index is 6.08. The summed E-state index contributed by atoms with van der Waals surface area (Å²) < 4.78 is 0. The maximum atomic E-state index is 6.08. The highest BCUT2D eigenvalue weighted by Gasteiger charge is 2.25. The van der Waals surface area contributed by atoms with Crippen molar-refractivity contribution in [1.29, 1.82) is 0 Å². The Hall–Kier alpha value is 0.290. The van der Waals surface area contributed by atoms with Gasteiger partial charge in [-0.3, -0.25) is 0 Å². The number of hydrogen-bond acceptors (Lipinski definition) is 0. The van der Waals surface area contributed by atoms with Crippen LogP contribution in [-0.4, -0.2) is 5.38 Å². The normalized spacial score (nSPS) is 33.8. The fraction of sp³-hybridized carbons (Fsp3) is 1.00. The van der Waals surface area contributed by atoms with Gasteiger partial charge in [0.2, 0.25) is 0 Å². The van der Waals surface area contributed by atoms with Crippen molar-refractivity contribution in [3.8, 4) is 0 Å². The average molecular weight is 189 g/mol. The summed E-state index contributed by atoms with van der Waals surface area (Å²) >= 11 is 6.08. The third-order valence-electron chi connectivity index (χ3n) is 3.41. The van der Waals surface area contributed by atoms with Gasteiger partial charge in [0.05, 0.1) is 0 Å². The maximum Gasteiger partial charge on any atom is 0.0336 e. The zero-order valence-electron chi connectivity index (χ0n) is 8.52. The first-order valence-corrected chi connectivity index (χ1v) is 5.69. The minimum atomic E-state index is 0.387. The lowest BCUT2D eigenvalue weighted by Crippen LogP contribution is -2.22. The van der Waals surface area contributed by atoms with Crippen LogP contribution in [0.1, 0.15) is 46.5 Å². The highest BCUT2D eigenvalue weighted by atomic mass is 35.5. The highest BCUT2D eigenvalue weighted by Crippen LogP contribution is 2.35.